The number of carbonyl (C=O) groups excluding carboxylic acids is 1. The van der Waals surface area contributed by atoms with Gasteiger partial charge in [0.2, 0.25) is 5.91 Å². The molecule has 1 heterocycles. The number of carbonyl (C=O) groups is 1. The Labute approximate surface area is 128 Å². The third-order valence-electron chi connectivity index (χ3n) is 3.54. The van der Waals surface area contributed by atoms with Crippen LogP contribution in [0.25, 0.3) is 11.3 Å². The van der Waals surface area contributed by atoms with Gasteiger partial charge in [-0.2, -0.15) is 16.9 Å². The molecule has 5 heteroatoms. The maximum Gasteiger partial charge on any atom is 0.230 e. The summed E-state index contributed by atoms with van der Waals surface area (Å²) >= 11 is 1.73. The molecule has 1 aliphatic rings. The van der Waals surface area contributed by atoms with Crippen LogP contribution in [-0.4, -0.2) is 27.6 Å². The molecule has 1 aliphatic carbocycles. The summed E-state index contributed by atoms with van der Waals surface area (Å²) in [7, 11) is 0. The average Bonchev–Trinajstić information content (AvgIpc) is 3.21. The van der Waals surface area contributed by atoms with E-state index < -0.39 is 0 Å². The topological polar surface area (TPSA) is 57.8 Å². The number of thioether (sulfide) groups is 1. The number of rotatable bonds is 7. The van der Waals surface area contributed by atoms with E-state index in [0.717, 1.165) is 28.5 Å². The van der Waals surface area contributed by atoms with Gasteiger partial charge in [-0.25, -0.2) is 0 Å². The highest BCUT2D eigenvalue weighted by Gasteiger charge is 2.21. The number of aromatic amines is 1. The van der Waals surface area contributed by atoms with Gasteiger partial charge in [0, 0.05) is 12.1 Å². The molecule has 3 rings (SSSR count). The van der Waals surface area contributed by atoms with Gasteiger partial charge in [0.15, 0.2) is 0 Å². The van der Waals surface area contributed by atoms with Crippen LogP contribution in [0.5, 0.6) is 0 Å². The summed E-state index contributed by atoms with van der Waals surface area (Å²) in [6.07, 6.45) is 4.45. The van der Waals surface area contributed by atoms with Crippen LogP contribution in [0.4, 0.5) is 0 Å². The van der Waals surface area contributed by atoms with E-state index in [1.54, 1.807) is 18.0 Å². The monoisotopic (exact) mass is 301 g/mol. The van der Waals surface area contributed by atoms with Crippen molar-refractivity contribution in [1.29, 1.82) is 0 Å². The number of hydrogen-bond donors (Lipinski definition) is 2. The van der Waals surface area contributed by atoms with Gasteiger partial charge >= 0.3 is 0 Å². The molecule has 1 amide bonds. The Bertz CT molecular complexity index is 593. The summed E-state index contributed by atoms with van der Waals surface area (Å²) < 4.78 is 0. The van der Waals surface area contributed by atoms with Crippen LogP contribution in [0.1, 0.15) is 18.4 Å². The first kappa shape index (κ1) is 14.2. The molecule has 0 aliphatic heterocycles. The zero-order valence-corrected chi connectivity index (χ0v) is 12.7. The van der Waals surface area contributed by atoms with Crippen LogP contribution in [-0.2, 0) is 11.3 Å². The Balaban J connectivity index is 1.51. The van der Waals surface area contributed by atoms with Gasteiger partial charge in [-0.15, -0.1) is 0 Å². The van der Waals surface area contributed by atoms with Crippen molar-refractivity contribution in [2.45, 2.75) is 19.4 Å². The fourth-order valence-electron chi connectivity index (χ4n) is 2.15. The van der Waals surface area contributed by atoms with Crippen molar-refractivity contribution in [2.75, 3.05) is 11.5 Å². The first-order valence-corrected chi connectivity index (χ1v) is 8.40. The maximum absolute atomic E-state index is 11.8. The van der Waals surface area contributed by atoms with Crippen molar-refractivity contribution in [3.63, 3.8) is 0 Å². The van der Waals surface area contributed by atoms with Gasteiger partial charge in [-0.1, -0.05) is 30.3 Å². The SMILES string of the molecule is O=C(CSCC1CC1)NCc1cn[nH]c1-c1ccccc1. The van der Waals surface area contributed by atoms with Gasteiger partial charge in [0.1, 0.15) is 0 Å². The quantitative estimate of drug-likeness (QED) is 0.827. The Hall–Kier alpha value is -1.75. The van der Waals surface area contributed by atoms with Crippen molar-refractivity contribution in [1.82, 2.24) is 15.5 Å². The van der Waals surface area contributed by atoms with Gasteiger partial charge < -0.3 is 5.32 Å². The second-order valence-electron chi connectivity index (χ2n) is 5.37. The first-order chi connectivity index (χ1) is 10.3. The number of amides is 1. The molecule has 1 aromatic heterocycles. The van der Waals surface area contributed by atoms with E-state index in [1.807, 2.05) is 30.3 Å². The summed E-state index contributed by atoms with van der Waals surface area (Å²) in [5.74, 6) is 2.63. The molecule has 2 aromatic rings. The molecule has 21 heavy (non-hydrogen) atoms. The molecule has 0 atom stereocenters. The highest BCUT2D eigenvalue weighted by atomic mass is 32.2. The lowest BCUT2D eigenvalue weighted by Crippen LogP contribution is -2.24. The molecule has 110 valence electrons. The number of benzene rings is 1. The molecule has 0 radical (unpaired) electrons. The lowest BCUT2D eigenvalue weighted by molar-refractivity contribution is -0.118. The summed E-state index contributed by atoms with van der Waals surface area (Å²) in [5.41, 5.74) is 3.07. The Morgan fingerprint density at radius 2 is 2.14 bits per heavy atom. The highest BCUT2D eigenvalue weighted by Crippen LogP contribution is 2.32. The van der Waals surface area contributed by atoms with Crippen molar-refractivity contribution in [3.8, 4) is 11.3 Å². The van der Waals surface area contributed by atoms with E-state index in [2.05, 4.69) is 15.5 Å². The molecule has 0 saturated heterocycles. The first-order valence-electron chi connectivity index (χ1n) is 7.25. The summed E-state index contributed by atoms with van der Waals surface area (Å²) in [6.45, 7) is 0.517. The molecule has 2 N–H and O–H groups in total. The van der Waals surface area contributed by atoms with Gasteiger partial charge in [0.05, 0.1) is 17.6 Å². The van der Waals surface area contributed by atoms with E-state index >= 15 is 0 Å². The normalized spacial score (nSPS) is 14.1. The second-order valence-corrected chi connectivity index (χ2v) is 6.40. The molecule has 0 bridgehead atoms. The minimum Gasteiger partial charge on any atom is -0.351 e. The summed E-state index contributed by atoms with van der Waals surface area (Å²) in [6, 6.07) is 10.0. The van der Waals surface area contributed by atoms with Crippen LogP contribution in [0.15, 0.2) is 36.5 Å². The predicted molar refractivity (Wildman–Crippen MR) is 85.9 cm³/mol. The molecular formula is C16H19N3OS. The van der Waals surface area contributed by atoms with Crippen LogP contribution >= 0.6 is 11.8 Å². The largest absolute Gasteiger partial charge is 0.351 e. The smallest absolute Gasteiger partial charge is 0.230 e. The van der Waals surface area contributed by atoms with Gasteiger partial charge in [-0.3, -0.25) is 9.89 Å². The molecule has 0 unspecified atom stereocenters. The number of hydrogen-bond acceptors (Lipinski definition) is 3. The molecule has 1 fully saturated rings. The van der Waals surface area contributed by atoms with E-state index in [4.69, 9.17) is 0 Å². The lowest BCUT2D eigenvalue weighted by atomic mass is 10.1. The summed E-state index contributed by atoms with van der Waals surface area (Å²) in [5, 5.41) is 10.1. The Morgan fingerprint density at radius 1 is 1.33 bits per heavy atom. The average molecular weight is 301 g/mol. The lowest BCUT2D eigenvalue weighted by Gasteiger charge is -2.06. The maximum atomic E-state index is 11.8. The van der Waals surface area contributed by atoms with Gasteiger partial charge in [-0.05, 0) is 30.1 Å². The third-order valence-corrected chi connectivity index (χ3v) is 4.71. The fraction of sp³-hybridized carbons (Fsp3) is 0.375. The minimum atomic E-state index is 0.0980. The number of aromatic nitrogens is 2. The van der Waals surface area contributed by atoms with Crippen molar-refractivity contribution in [3.05, 3.63) is 42.1 Å². The number of H-pyrrole nitrogens is 1. The van der Waals surface area contributed by atoms with Crippen LogP contribution in [0.2, 0.25) is 0 Å². The molecule has 4 nitrogen and oxygen atoms in total. The molecule has 1 saturated carbocycles. The van der Waals surface area contributed by atoms with E-state index in [0.29, 0.717) is 12.3 Å². The fourth-order valence-corrected chi connectivity index (χ4v) is 3.22. The van der Waals surface area contributed by atoms with E-state index in [9.17, 15) is 4.79 Å². The van der Waals surface area contributed by atoms with E-state index in [1.165, 1.54) is 12.8 Å². The second kappa shape index (κ2) is 6.80. The predicted octanol–water partition coefficient (Wildman–Crippen LogP) is 2.84. The molecular weight excluding hydrogens is 282 g/mol. The molecule has 1 aromatic carbocycles. The number of nitrogens with one attached hydrogen (secondary N) is 2. The van der Waals surface area contributed by atoms with Crippen LogP contribution < -0.4 is 5.32 Å². The zero-order valence-electron chi connectivity index (χ0n) is 11.8. The van der Waals surface area contributed by atoms with Gasteiger partial charge in [0.25, 0.3) is 0 Å². The standard InChI is InChI=1S/C16H19N3OS/c20-15(11-21-10-12-6-7-12)17-8-14-9-18-19-16(14)13-4-2-1-3-5-13/h1-5,9,12H,6-8,10-11H2,(H,17,20)(H,18,19). The third kappa shape index (κ3) is 4.11. The van der Waals surface area contributed by atoms with E-state index in [-0.39, 0.29) is 5.91 Å². The minimum absolute atomic E-state index is 0.0980. The summed E-state index contributed by atoms with van der Waals surface area (Å²) in [4.78, 5) is 11.8. The highest BCUT2D eigenvalue weighted by molar-refractivity contribution is 7.99. The van der Waals surface area contributed by atoms with Crippen molar-refractivity contribution in [2.24, 2.45) is 5.92 Å². The van der Waals surface area contributed by atoms with Crippen molar-refractivity contribution < 1.29 is 4.79 Å². The Kier molecular flexibility index (Phi) is 4.60. The Morgan fingerprint density at radius 3 is 2.90 bits per heavy atom. The van der Waals surface area contributed by atoms with Crippen LogP contribution in [0, 0.1) is 5.92 Å². The number of nitrogens with zero attached hydrogens (tertiary/aromatic N) is 1. The molecule has 0 spiro atoms. The zero-order chi connectivity index (χ0) is 14.5. The van der Waals surface area contributed by atoms with Crippen molar-refractivity contribution >= 4 is 17.7 Å². The van der Waals surface area contributed by atoms with Crippen LogP contribution in [0.3, 0.4) is 0 Å².